The van der Waals surface area contributed by atoms with Crippen LogP contribution in [0.25, 0.3) is 0 Å². The van der Waals surface area contributed by atoms with Crippen LogP contribution in [0, 0.1) is 0 Å². The highest BCUT2D eigenvalue weighted by Crippen LogP contribution is 2.32. The number of nitrogens with one attached hydrogen (secondary N) is 1. The average molecular weight is 352 g/mol. The van der Waals surface area contributed by atoms with Gasteiger partial charge in [0.05, 0.1) is 5.60 Å². The Morgan fingerprint density at radius 3 is 2.35 bits per heavy atom. The highest BCUT2D eigenvalue weighted by Gasteiger charge is 2.30. The first-order valence-electron chi connectivity index (χ1n) is 9.94. The minimum atomic E-state index is 0.00267. The van der Waals surface area contributed by atoms with Gasteiger partial charge in [0.15, 0.2) is 0 Å². The van der Waals surface area contributed by atoms with E-state index in [1.807, 2.05) is 0 Å². The van der Waals surface area contributed by atoms with Crippen molar-refractivity contribution in [3.63, 3.8) is 0 Å². The lowest BCUT2D eigenvalue weighted by atomic mass is 9.74. The Bertz CT molecular complexity index is 667. The lowest BCUT2D eigenvalue weighted by Gasteiger charge is -2.37. The molecule has 2 nitrogen and oxygen atoms in total. The van der Waals surface area contributed by atoms with E-state index < -0.39 is 0 Å². The van der Waals surface area contributed by atoms with Gasteiger partial charge in [0.1, 0.15) is 0 Å². The zero-order chi connectivity index (χ0) is 18.5. The van der Waals surface area contributed by atoms with Gasteiger partial charge in [-0.15, -0.1) is 0 Å². The molecule has 1 aliphatic rings. The molecule has 1 aliphatic heterocycles. The molecule has 0 saturated carbocycles. The van der Waals surface area contributed by atoms with E-state index in [1.165, 1.54) is 11.1 Å². The van der Waals surface area contributed by atoms with Crippen molar-refractivity contribution in [1.82, 2.24) is 5.32 Å². The third kappa shape index (κ3) is 5.18. The number of hydrogen-bond donors (Lipinski definition) is 1. The van der Waals surface area contributed by atoms with Gasteiger partial charge in [-0.1, -0.05) is 67.6 Å². The van der Waals surface area contributed by atoms with Gasteiger partial charge in [0, 0.05) is 12.6 Å². The van der Waals surface area contributed by atoms with Crippen molar-refractivity contribution in [2.24, 2.45) is 0 Å². The van der Waals surface area contributed by atoms with E-state index in [0.717, 1.165) is 38.8 Å². The highest BCUT2D eigenvalue weighted by atomic mass is 16.5. The molecule has 0 spiro atoms. The SMILES string of the molecule is CC1(C)CC(NCCC(C)(Cc2ccccc2)c2ccccc2)CCO1. The Labute approximate surface area is 159 Å². The first-order chi connectivity index (χ1) is 12.5. The molecule has 2 heteroatoms. The summed E-state index contributed by atoms with van der Waals surface area (Å²) in [4.78, 5) is 0. The molecule has 1 N–H and O–H groups in total. The summed E-state index contributed by atoms with van der Waals surface area (Å²) in [5.41, 5.74) is 2.97. The van der Waals surface area contributed by atoms with Crippen LogP contribution in [0.3, 0.4) is 0 Å². The van der Waals surface area contributed by atoms with Crippen molar-refractivity contribution < 1.29 is 4.74 Å². The second-order valence-corrected chi connectivity index (χ2v) is 8.59. The standard InChI is InChI=1S/C24H33NO/c1-23(2)19-22(14-17-26-23)25-16-15-24(3,21-12-8-5-9-13-21)18-20-10-6-4-7-11-20/h4-13,22,25H,14-19H2,1-3H3. The minimum absolute atomic E-state index is 0.00267. The first kappa shape index (κ1) is 19.1. The summed E-state index contributed by atoms with van der Waals surface area (Å²) >= 11 is 0. The molecule has 26 heavy (non-hydrogen) atoms. The van der Waals surface area contributed by atoms with Gasteiger partial charge in [-0.25, -0.2) is 0 Å². The van der Waals surface area contributed by atoms with Crippen LogP contribution in [0.2, 0.25) is 0 Å². The van der Waals surface area contributed by atoms with Crippen LogP contribution >= 0.6 is 0 Å². The van der Waals surface area contributed by atoms with Gasteiger partial charge < -0.3 is 10.1 Å². The Balaban J connectivity index is 1.66. The molecule has 0 bridgehead atoms. The van der Waals surface area contributed by atoms with Crippen LogP contribution < -0.4 is 5.32 Å². The Kier molecular flexibility index (Phi) is 6.16. The molecule has 0 aromatic heterocycles. The van der Waals surface area contributed by atoms with E-state index in [9.17, 15) is 0 Å². The summed E-state index contributed by atoms with van der Waals surface area (Å²) in [7, 11) is 0. The number of benzene rings is 2. The van der Waals surface area contributed by atoms with E-state index in [-0.39, 0.29) is 11.0 Å². The van der Waals surface area contributed by atoms with Crippen molar-refractivity contribution in [1.29, 1.82) is 0 Å². The summed E-state index contributed by atoms with van der Waals surface area (Å²) < 4.78 is 5.85. The third-order valence-electron chi connectivity index (χ3n) is 5.71. The van der Waals surface area contributed by atoms with Crippen LogP contribution in [0.5, 0.6) is 0 Å². The fourth-order valence-electron chi connectivity index (χ4n) is 4.18. The lowest BCUT2D eigenvalue weighted by Crippen LogP contribution is -2.44. The van der Waals surface area contributed by atoms with Gasteiger partial charge in [0.2, 0.25) is 0 Å². The smallest absolute Gasteiger partial charge is 0.0641 e. The molecule has 2 unspecified atom stereocenters. The Hall–Kier alpha value is -1.64. The fourth-order valence-corrected chi connectivity index (χ4v) is 4.18. The molecule has 2 aromatic rings. The molecular weight excluding hydrogens is 318 g/mol. The normalized spacial score (nSPS) is 21.9. The molecule has 0 radical (unpaired) electrons. The second kappa shape index (κ2) is 8.37. The van der Waals surface area contributed by atoms with E-state index >= 15 is 0 Å². The summed E-state index contributed by atoms with van der Waals surface area (Å²) in [5, 5.41) is 3.81. The maximum absolute atomic E-state index is 5.85. The molecule has 1 saturated heterocycles. The van der Waals surface area contributed by atoms with Crippen molar-refractivity contribution in [3.8, 4) is 0 Å². The van der Waals surface area contributed by atoms with Gasteiger partial charge in [-0.05, 0) is 62.6 Å². The van der Waals surface area contributed by atoms with Crippen LogP contribution in [-0.4, -0.2) is 24.8 Å². The Morgan fingerprint density at radius 2 is 1.69 bits per heavy atom. The van der Waals surface area contributed by atoms with Crippen LogP contribution in [0.1, 0.15) is 51.2 Å². The summed E-state index contributed by atoms with van der Waals surface area (Å²) in [6.45, 7) is 8.71. The van der Waals surface area contributed by atoms with Crippen LogP contribution in [-0.2, 0) is 16.6 Å². The largest absolute Gasteiger partial charge is 0.375 e. The van der Waals surface area contributed by atoms with Crippen molar-refractivity contribution >= 4 is 0 Å². The highest BCUT2D eigenvalue weighted by molar-refractivity contribution is 5.29. The maximum Gasteiger partial charge on any atom is 0.0641 e. The molecule has 1 fully saturated rings. The van der Waals surface area contributed by atoms with Gasteiger partial charge in [-0.3, -0.25) is 0 Å². The first-order valence-corrected chi connectivity index (χ1v) is 9.94. The number of hydrogen-bond acceptors (Lipinski definition) is 2. The summed E-state index contributed by atoms with van der Waals surface area (Å²) in [6, 6.07) is 22.4. The van der Waals surface area contributed by atoms with Crippen molar-refractivity contribution in [2.45, 2.75) is 63.5 Å². The number of ether oxygens (including phenoxy) is 1. The maximum atomic E-state index is 5.85. The zero-order valence-corrected chi connectivity index (χ0v) is 16.5. The quantitative estimate of drug-likeness (QED) is 0.747. The monoisotopic (exact) mass is 351 g/mol. The van der Waals surface area contributed by atoms with E-state index in [1.54, 1.807) is 0 Å². The van der Waals surface area contributed by atoms with Crippen molar-refractivity contribution in [2.75, 3.05) is 13.2 Å². The molecule has 1 heterocycles. The molecular formula is C24H33NO. The van der Waals surface area contributed by atoms with Crippen molar-refractivity contribution in [3.05, 3.63) is 71.8 Å². The predicted molar refractivity (Wildman–Crippen MR) is 110 cm³/mol. The summed E-state index contributed by atoms with van der Waals surface area (Å²) in [5.74, 6) is 0. The van der Waals surface area contributed by atoms with Gasteiger partial charge in [0.25, 0.3) is 0 Å². The zero-order valence-electron chi connectivity index (χ0n) is 16.5. The number of rotatable bonds is 7. The molecule has 2 atom stereocenters. The average Bonchev–Trinajstić information content (AvgIpc) is 2.62. The topological polar surface area (TPSA) is 21.3 Å². The van der Waals surface area contributed by atoms with E-state index in [4.69, 9.17) is 4.74 Å². The predicted octanol–water partition coefficient (Wildman–Crippen LogP) is 5.12. The second-order valence-electron chi connectivity index (χ2n) is 8.59. The minimum Gasteiger partial charge on any atom is -0.375 e. The van der Waals surface area contributed by atoms with E-state index in [2.05, 4.69) is 86.8 Å². The third-order valence-corrected chi connectivity index (χ3v) is 5.71. The summed E-state index contributed by atoms with van der Waals surface area (Å²) in [6.07, 6.45) is 4.40. The lowest BCUT2D eigenvalue weighted by molar-refractivity contribution is -0.0629. The van der Waals surface area contributed by atoms with E-state index in [0.29, 0.717) is 6.04 Å². The molecule has 3 rings (SSSR count). The molecule has 2 aromatic carbocycles. The Morgan fingerprint density at radius 1 is 1.04 bits per heavy atom. The molecule has 0 amide bonds. The molecule has 140 valence electrons. The van der Waals surface area contributed by atoms with Crippen LogP contribution in [0.4, 0.5) is 0 Å². The molecule has 0 aliphatic carbocycles. The fraction of sp³-hybridized carbons (Fsp3) is 0.500. The van der Waals surface area contributed by atoms with Gasteiger partial charge in [-0.2, -0.15) is 0 Å². The van der Waals surface area contributed by atoms with Crippen LogP contribution in [0.15, 0.2) is 60.7 Å². The van der Waals surface area contributed by atoms with Gasteiger partial charge >= 0.3 is 0 Å².